The summed E-state index contributed by atoms with van der Waals surface area (Å²) < 4.78 is 27.7. The highest BCUT2D eigenvalue weighted by Crippen LogP contribution is 2.39. The van der Waals surface area contributed by atoms with Crippen molar-refractivity contribution in [2.24, 2.45) is 7.05 Å². The van der Waals surface area contributed by atoms with Crippen LogP contribution < -0.4 is 14.2 Å². The molecule has 0 spiro atoms. The number of carbonyl (C=O) groups is 1. The minimum Gasteiger partial charge on any atom is -0.497 e. The number of methoxy groups -OCH3 is 1. The molecule has 0 amide bonds. The minimum atomic E-state index is -0.928. The van der Waals surface area contributed by atoms with Gasteiger partial charge in [0.1, 0.15) is 35.2 Å². The first kappa shape index (κ1) is 31.3. The lowest BCUT2D eigenvalue weighted by Gasteiger charge is -2.13. The van der Waals surface area contributed by atoms with Crippen molar-refractivity contribution in [2.45, 2.75) is 45.4 Å². The van der Waals surface area contributed by atoms with Gasteiger partial charge in [0.05, 0.1) is 31.5 Å². The first-order valence-electron chi connectivity index (χ1n) is 16.4. The van der Waals surface area contributed by atoms with Gasteiger partial charge in [0.15, 0.2) is 0 Å². The molecule has 9 heteroatoms. The van der Waals surface area contributed by atoms with Crippen LogP contribution in [0.2, 0.25) is 0 Å². The Balaban J connectivity index is 1.26. The molecule has 0 radical (unpaired) electrons. The zero-order chi connectivity index (χ0) is 33.0. The van der Waals surface area contributed by atoms with E-state index < -0.39 is 5.97 Å². The highest BCUT2D eigenvalue weighted by Gasteiger charge is 2.28. The van der Waals surface area contributed by atoms with Gasteiger partial charge in [-0.25, -0.2) is 4.79 Å². The number of carboxylic acid groups (broad SMARTS) is 1. The van der Waals surface area contributed by atoms with Crippen molar-refractivity contribution in [1.29, 1.82) is 0 Å². The number of para-hydroxylation sites is 1. The van der Waals surface area contributed by atoms with Crippen LogP contribution in [0.1, 0.15) is 46.7 Å². The lowest BCUT2D eigenvalue weighted by molar-refractivity contribution is 0.0683. The largest absolute Gasteiger partial charge is 0.497 e. The van der Waals surface area contributed by atoms with Crippen LogP contribution in [0.4, 0.5) is 0 Å². The Labute approximate surface area is 279 Å². The molecule has 0 saturated heterocycles. The second kappa shape index (κ2) is 13.8. The fourth-order valence-corrected chi connectivity index (χ4v) is 6.82. The van der Waals surface area contributed by atoms with E-state index in [0.717, 1.165) is 74.1 Å². The number of hydrogen-bond donors (Lipinski definition) is 1. The number of hydrogen-bond acceptors (Lipinski definition) is 6. The summed E-state index contributed by atoms with van der Waals surface area (Å²) in [5.41, 5.74) is 5.59. The Morgan fingerprint density at radius 2 is 1.69 bits per heavy atom. The number of benzene rings is 4. The van der Waals surface area contributed by atoms with Gasteiger partial charge in [0, 0.05) is 42.1 Å². The number of ether oxygens (including phenoxy) is 4. The Hall–Kier alpha value is -5.28. The summed E-state index contributed by atoms with van der Waals surface area (Å²) in [4.78, 5) is 13.0. The van der Waals surface area contributed by atoms with E-state index in [-0.39, 0.29) is 6.61 Å². The number of nitrogens with zero attached hydrogens (tertiary/aromatic N) is 3. The van der Waals surface area contributed by atoms with E-state index in [1.807, 2.05) is 77.0 Å². The van der Waals surface area contributed by atoms with E-state index in [0.29, 0.717) is 50.7 Å². The monoisotopic (exact) mass is 645 g/mol. The maximum absolute atomic E-state index is 13.0. The van der Waals surface area contributed by atoms with Crippen LogP contribution in [0, 0.1) is 0 Å². The number of fused-ring (bicyclic) bond motifs is 3. The number of carboxylic acids is 1. The van der Waals surface area contributed by atoms with Gasteiger partial charge in [-0.1, -0.05) is 54.6 Å². The van der Waals surface area contributed by atoms with Gasteiger partial charge in [0.25, 0.3) is 0 Å². The lowest BCUT2D eigenvalue weighted by Crippen LogP contribution is -2.12. The average Bonchev–Trinajstić information content (AvgIpc) is 3.59. The van der Waals surface area contributed by atoms with Crippen LogP contribution in [0.25, 0.3) is 32.8 Å². The second-order valence-electron chi connectivity index (χ2n) is 12.0. The molecule has 246 valence electrons. The van der Waals surface area contributed by atoms with Crippen molar-refractivity contribution in [1.82, 2.24) is 14.3 Å². The molecular weight excluding hydrogens is 606 g/mol. The van der Waals surface area contributed by atoms with Gasteiger partial charge >= 0.3 is 5.97 Å². The fourth-order valence-electron chi connectivity index (χ4n) is 6.82. The van der Waals surface area contributed by atoms with E-state index in [2.05, 4.69) is 24.3 Å². The summed E-state index contributed by atoms with van der Waals surface area (Å²) in [7, 11) is 3.55. The normalized spacial score (nSPS) is 13.2. The molecule has 0 aliphatic carbocycles. The third-order valence-electron chi connectivity index (χ3n) is 9.07. The first-order valence-corrected chi connectivity index (χ1v) is 16.4. The molecule has 7 rings (SSSR count). The summed E-state index contributed by atoms with van der Waals surface area (Å²) in [5, 5.41) is 18.7. The van der Waals surface area contributed by atoms with Gasteiger partial charge in [-0.15, -0.1) is 0 Å². The standard InChI is InChI=1S/C39H39N3O6/c1-41-34-25-46-22-6-5-21-42-37-30(13-8-14-32(37)36(34)33(40-41)24-48-28-19-17-27(45-2)18-20-28)31(38(42)39(43)44)15-9-23-47-35-16-7-11-26-10-3-4-12-29(26)35/h3-4,7-8,10-14,16-20H,5-6,9,15,21-25H2,1-2H3,(H,43,44). The molecule has 0 fully saturated rings. The number of rotatable bonds is 10. The van der Waals surface area contributed by atoms with Crippen molar-refractivity contribution < 1.29 is 28.8 Å². The Bertz CT molecular complexity index is 2070. The lowest BCUT2D eigenvalue weighted by atomic mass is 9.98. The number of aromatic carboxylic acids is 1. The summed E-state index contributed by atoms with van der Waals surface area (Å²) in [5.74, 6) is 1.36. The van der Waals surface area contributed by atoms with Crippen molar-refractivity contribution in [3.63, 3.8) is 0 Å². The van der Waals surface area contributed by atoms with Crippen LogP contribution in [0.15, 0.2) is 84.9 Å². The molecule has 3 heterocycles. The number of aryl methyl sites for hydroxylation is 3. The maximum atomic E-state index is 13.0. The topological polar surface area (TPSA) is 97.0 Å². The highest BCUT2D eigenvalue weighted by molar-refractivity contribution is 6.04. The smallest absolute Gasteiger partial charge is 0.352 e. The Kier molecular flexibility index (Phi) is 9.03. The molecule has 0 saturated carbocycles. The van der Waals surface area contributed by atoms with E-state index in [1.54, 1.807) is 7.11 Å². The van der Waals surface area contributed by atoms with Crippen LogP contribution >= 0.6 is 0 Å². The molecule has 2 aromatic heterocycles. The molecule has 0 atom stereocenters. The van der Waals surface area contributed by atoms with E-state index in [9.17, 15) is 9.90 Å². The minimum absolute atomic E-state index is 0.233. The summed E-state index contributed by atoms with van der Waals surface area (Å²) in [6.45, 7) is 2.23. The second-order valence-corrected chi connectivity index (χ2v) is 12.0. The van der Waals surface area contributed by atoms with E-state index in [4.69, 9.17) is 24.0 Å². The molecule has 4 aromatic carbocycles. The Morgan fingerprint density at radius 3 is 2.52 bits per heavy atom. The van der Waals surface area contributed by atoms with Gasteiger partial charge in [-0.05, 0) is 67.0 Å². The molecule has 6 aromatic rings. The quantitative estimate of drug-likeness (QED) is 0.152. The SMILES string of the molecule is COc1ccc(OCc2nn(C)c3c2-c2cccc4c(CCCOc5cccc6ccccc56)c(C(=O)O)n(c24)CCCCOC3)cc1. The number of aromatic nitrogens is 3. The first-order chi connectivity index (χ1) is 23.5. The molecule has 1 aliphatic rings. The summed E-state index contributed by atoms with van der Waals surface area (Å²) >= 11 is 0. The molecular formula is C39H39N3O6. The molecule has 48 heavy (non-hydrogen) atoms. The van der Waals surface area contributed by atoms with Crippen molar-refractivity contribution in [3.8, 4) is 28.4 Å². The molecule has 9 nitrogen and oxygen atoms in total. The predicted molar refractivity (Wildman–Crippen MR) is 185 cm³/mol. The molecule has 1 aliphatic heterocycles. The van der Waals surface area contributed by atoms with Gasteiger partial charge in [-0.2, -0.15) is 5.10 Å². The van der Waals surface area contributed by atoms with E-state index >= 15 is 0 Å². The fraction of sp³-hybridized carbons (Fsp3) is 0.282. The third-order valence-corrected chi connectivity index (χ3v) is 9.07. The zero-order valence-electron chi connectivity index (χ0n) is 27.3. The molecule has 0 bridgehead atoms. The third kappa shape index (κ3) is 6.09. The highest BCUT2D eigenvalue weighted by atomic mass is 16.5. The summed E-state index contributed by atoms with van der Waals surface area (Å²) in [6, 6.07) is 27.8. The Morgan fingerprint density at radius 1 is 0.917 bits per heavy atom. The van der Waals surface area contributed by atoms with E-state index in [1.165, 1.54) is 0 Å². The van der Waals surface area contributed by atoms with Crippen molar-refractivity contribution in [3.05, 3.63) is 108 Å². The average molecular weight is 646 g/mol. The molecule has 0 unspecified atom stereocenters. The van der Waals surface area contributed by atoms with Crippen LogP contribution in [-0.2, 0) is 38.0 Å². The van der Waals surface area contributed by atoms with Gasteiger partial charge in [-0.3, -0.25) is 4.68 Å². The van der Waals surface area contributed by atoms with Crippen LogP contribution in [-0.4, -0.2) is 45.7 Å². The van der Waals surface area contributed by atoms with Gasteiger partial charge < -0.3 is 28.6 Å². The zero-order valence-corrected chi connectivity index (χ0v) is 27.3. The summed E-state index contributed by atoms with van der Waals surface area (Å²) in [6.07, 6.45) is 2.84. The molecule has 1 N–H and O–H groups in total. The van der Waals surface area contributed by atoms with Crippen molar-refractivity contribution >= 4 is 27.6 Å². The predicted octanol–water partition coefficient (Wildman–Crippen LogP) is 7.80. The maximum Gasteiger partial charge on any atom is 0.352 e. The van der Waals surface area contributed by atoms with Crippen LogP contribution in [0.3, 0.4) is 0 Å². The van der Waals surface area contributed by atoms with Crippen LogP contribution in [0.5, 0.6) is 17.2 Å². The van der Waals surface area contributed by atoms with Gasteiger partial charge in [0.2, 0.25) is 0 Å². The van der Waals surface area contributed by atoms with Crippen molar-refractivity contribution in [2.75, 3.05) is 20.3 Å².